The van der Waals surface area contributed by atoms with Crippen molar-refractivity contribution in [2.75, 3.05) is 32.2 Å². The lowest BCUT2D eigenvalue weighted by molar-refractivity contribution is -0.150. The molecule has 0 aromatic heterocycles. The zero-order valence-electron chi connectivity index (χ0n) is 14.4. The summed E-state index contributed by atoms with van der Waals surface area (Å²) in [4.78, 5) is 25.3. The minimum atomic E-state index is -0.589. The number of anilines is 1. The van der Waals surface area contributed by atoms with Crippen molar-refractivity contribution in [1.29, 1.82) is 0 Å². The highest BCUT2D eigenvalue weighted by Gasteiger charge is 2.08. The van der Waals surface area contributed by atoms with E-state index in [-0.39, 0.29) is 19.1 Å². The van der Waals surface area contributed by atoms with E-state index in [1.165, 1.54) is 0 Å². The van der Waals surface area contributed by atoms with Crippen molar-refractivity contribution in [3.8, 4) is 5.75 Å². The van der Waals surface area contributed by atoms with Crippen molar-refractivity contribution in [2.24, 2.45) is 0 Å². The number of amides is 1. The van der Waals surface area contributed by atoms with Gasteiger partial charge in [-0.1, -0.05) is 30.3 Å². The van der Waals surface area contributed by atoms with Gasteiger partial charge in [-0.05, 0) is 29.8 Å². The van der Waals surface area contributed by atoms with Crippen LogP contribution in [0.15, 0.2) is 54.6 Å². The number of carbonyl (C=O) groups excluding carboxylic acids is 2. The molecule has 6 nitrogen and oxygen atoms in total. The van der Waals surface area contributed by atoms with Crippen LogP contribution >= 0.6 is 0 Å². The third-order valence-electron chi connectivity index (χ3n) is 3.41. The van der Waals surface area contributed by atoms with Gasteiger partial charge in [0.1, 0.15) is 5.75 Å². The molecule has 1 N–H and O–H groups in total. The maximum Gasteiger partial charge on any atom is 0.344 e. The van der Waals surface area contributed by atoms with Gasteiger partial charge in [0.05, 0.1) is 0 Å². The first-order valence-corrected chi connectivity index (χ1v) is 7.91. The van der Waals surface area contributed by atoms with Gasteiger partial charge in [-0.2, -0.15) is 0 Å². The molecule has 0 saturated heterocycles. The summed E-state index contributed by atoms with van der Waals surface area (Å²) in [6.45, 7) is -0.180. The molecule has 2 rings (SSSR count). The van der Waals surface area contributed by atoms with Gasteiger partial charge in [0.25, 0.3) is 5.91 Å². The molecule has 132 valence electrons. The lowest BCUT2D eigenvalue weighted by atomic mass is 10.2. The third kappa shape index (κ3) is 6.55. The normalized spacial score (nSPS) is 10.0. The predicted octanol–water partition coefficient (Wildman–Crippen LogP) is 1.99. The zero-order valence-corrected chi connectivity index (χ0v) is 14.4. The summed E-state index contributed by atoms with van der Waals surface area (Å²) >= 11 is 0. The van der Waals surface area contributed by atoms with Crippen LogP contribution in [-0.2, 0) is 20.9 Å². The Hall–Kier alpha value is -3.02. The first-order valence-electron chi connectivity index (χ1n) is 7.91. The van der Waals surface area contributed by atoms with Gasteiger partial charge in [0.2, 0.25) is 0 Å². The Morgan fingerprint density at radius 1 is 0.960 bits per heavy atom. The van der Waals surface area contributed by atoms with E-state index >= 15 is 0 Å². The number of nitrogens with one attached hydrogen (secondary N) is 1. The van der Waals surface area contributed by atoms with Crippen LogP contribution in [-0.4, -0.2) is 39.2 Å². The molecule has 0 aliphatic rings. The standard InChI is InChI=1S/C19H22N2O4/c1-21(2)16-10-8-15(9-11-16)12-20-18(22)13-25-19(23)14-24-17-6-4-3-5-7-17/h3-11H,12-14H2,1-2H3,(H,20,22). The maximum atomic E-state index is 11.7. The van der Waals surface area contributed by atoms with Gasteiger partial charge in [-0.25, -0.2) is 4.79 Å². The smallest absolute Gasteiger partial charge is 0.344 e. The Morgan fingerprint density at radius 2 is 1.64 bits per heavy atom. The molecule has 0 radical (unpaired) electrons. The van der Waals surface area contributed by atoms with Crippen molar-refractivity contribution in [2.45, 2.75) is 6.54 Å². The SMILES string of the molecule is CN(C)c1ccc(CNC(=O)COC(=O)COc2ccccc2)cc1. The fraction of sp³-hybridized carbons (Fsp3) is 0.263. The Morgan fingerprint density at radius 3 is 2.28 bits per heavy atom. The fourth-order valence-corrected chi connectivity index (χ4v) is 2.01. The molecule has 6 heteroatoms. The van der Waals surface area contributed by atoms with E-state index in [4.69, 9.17) is 9.47 Å². The Bertz CT molecular complexity index is 684. The van der Waals surface area contributed by atoms with Crippen LogP contribution in [0.4, 0.5) is 5.69 Å². The average molecular weight is 342 g/mol. The molecule has 0 atom stereocenters. The van der Waals surface area contributed by atoms with Crippen molar-refractivity contribution in [3.63, 3.8) is 0 Å². The average Bonchev–Trinajstić information content (AvgIpc) is 2.64. The predicted molar refractivity (Wildman–Crippen MR) is 95.5 cm³/mol. The molecule has 0 bridgehead atoms. The molecule has 0 spiro atoms. The van der Waals surface area contributed by atoms with Crippen molar-refractivity contribution >= 4 is 17.6 Å². The van der Waals surface area contributed by atoms with Gasteiger partial charge in [0.15, 0.2) is 13.2 Å². The van der Waals surface area contributed by atoms with Crippen LogP contribution < -0.4 is 15.0 Å². The van der Waals surface area contributed by atoms with Crippen LogP contribution in [0.3, 0.4) is 0 Å². The number of rotatable bonds is 8. The van der Waals surface area contributed by atoms with Crippen molar-refractivity contribution in [1.82, 2.24) is 5.32 Å². The van der Waals surface area contributed by atoms with E-state index < -0.39 is 5.97 Å². The zero-order chi connectivity index (χ0) is 18.1. The Labute approximate surface area is 147 Å². The molecule has 0 heterocycles. The molecule has 0 saturated carbocycles. The number of para-hydroxylation sites is 1. The largest absolute Gasteiger partial charge is 0.482 e. The van der Waals surface area contributed by atoms with Crippen molar-refractivity contribution < 1.29 is 19.1 Å². The van der Waals surface area contributed by atoms with Gasteiger partial charge in [0, 0.05) is 26.3 Å². The lowest BCUT2D eigenvalue weighted by Crippen LogP contribution is -2.29. The van der Waals surface area contributed by atoms with Crippen LogP contribution in [0.1, 0.15) is 5.56 Å². The van der Waals surface area contributed by atoms with E-state index in [2.05, 4.69) is 5.32 Å². The molecular weight excluding hydrogens is 320 g/mol. The van der Waals surface area contributed by atoms with Gasteiger partial charge >= 0.3 is 5.97 Å². The molecule has 2 aromatic carbocycles. The van der Waals surface area contributed by atoms with Crippen LogP contribution in [0.25, 0.3) is 0 Å². The van der Waals surface area contributed by atoms with Gasteiger partial charge in [-0.15, -0.1) is 0 Å². The highest BCUT2D eigenvalue weighted by atomic mass is 16.6. The molecule has 25 heavy (non-hydrogen) atoms. The van der Waals surface area contributed by atoms with Crippen molar-refractivity contribution in [3.05, 3.63) is 60.2 Å². The van der Waals surface area contributed by atoms with Gasteiger partial charge in [-0.3, -0.25) is 4.79 Å². The maximum absolute atomic E-state index is 11.7. The number of hydrogen-bond donors (Lipinski definition) is 1. The number of carbonyl (C=O) groups is 2. The Kier molecular flexibility index (Phi) is 6.83. The van der Waals surface area contributed by atoms with E-state index in [0.29, 0.717) is 12.3 Å². The minimum absolute atomic E-state index is 0.233. The molecule has 0 fully saturated rings. The second kappa shape index (κ2) is 9.32. The van der Waals surface area contributed by atoms with Crippen LogP contribution in [0, 0.1) is 0 Å². The highest BCUT2D eigenvalue weighted by molar-refractivity contribution is 5.80. The summed E-state index contributed by atoms with van der Waals surface area (Å²) in [7, 11) is 3.93. The molecular formula is C19H22N2O4. The summed E-state index contributed by atoms with van der Waals surface area (Å²) in [5.74, 6) is -0.371. The summed E-state index contributed by atoms with van der Waals surface area (Å²) in [5.41, 5.74) is 2.06. The second-order valence-corrected chi connectivity index (χ2v) is 5.60. The first kappa shape index (κ1) is 18.3. The van der Waals surface area contributed by atoms with E-state index in [0.717, 1.165) is 11.3 Å². The van der Waals surface area contributed by atoms with Crippen LogP contribution in [0.5, 0.6) is 5.75 Å². The molecule has 0 aliphatic heterocycles. The first-order chi connectivity index (χ1) is 12.0. The monoisotopic (exact) mass is 342 g/mol. The number of nitrogens with zero attached hydrogens (tertiary/aromatic N) is 1. The number of benzene rings is 2. The van der Waals surface area contributed by atoms with Crippen LogP contribution in [0.2, 0.25) is 0 Å². The summed E-state index contributed by atoms with van der Waals surface area (Å²) in [6, 6.07) is 16.8. The van der Waals surface area contributed by atoms with E-state index in [1.807, 2.05) is 49.3 Å². The molecule has 0 unspecified atom stereocenters. The Balaban J connectivity index is 1.65. The topological polar surface area (TPSA) is 67.9 Å². The molecule has 1 amide bonds. The number of hydrogen-bond acceptors (Lipinski definition) is 5. The lowest BCUT2D eigenvalue weighted by Gasteiger charge is -2.13. The summed E-state index contributed by atoms with van der Waals surface area (Å²) in [6.07, 6.45) is 0. The number of ether oxygens (including phenoxy) is 2. The van der Waals surface area contributed by atoms with Gasteiger partial charge < -0.3 is 19.7 Å². The minimum Gasteiger partial charge on any atom is -0.482 e. The quantitative estimate of drug-likeness (QED) is 0.743. The highest BCUT2D eigenvalue weighted by Crippen LogP contribution is 2.12. The summed E-state index contributed by atoms with van der Waals surface area (Å²) in [5, 5.41) is 2.71. The molecule has 0 aliphatic carbocycles. The number of esters is 1. The van der Waals surface area contributed by atoms with E-state index in [9.17, 15) is 9.59 Å². The van der Waals surface area contributed by atoms with E-state index in [1.54, 1.807) is 24.3 Å². The third-order valence-corrected chi connectivity index (χ3v) is 3.41. The fourth-order valence-electron chi connectivity index (χ4n) is 2.01. The molecule has 2 aromatic rings. The summed E-state index contributed by atoms with van der Waals surface area (Å²) < 4.78 is 10.1. The second-order valence-electron chi connectivity index (χ2n) is 5.60.